The van der Waals surface area contributed by atoms with Crippen LogP contribution in [0.2, 0.25) is 0 Å². The molecule has 38 heavy (non-hydrogen) atoms. The quantitative estimate of drug-likeness (QED) is 0.254. The molecule has 0 bridgehead atoms. The number of rotatable bonds is 14. The molecular weight excluding hydrogens is 486 g/mol. The van der Waals surface area contributed by atoms with Gasteiger partial charge in [-0.25, -0.2) is 10.5 Å². The van der Waals surface area contributed by atoms with Crippen molar-refractivity contribution in [1.29, 1.82) is 0 Å². The molecule has 3 N–H and O–H groups in total. The number of nitrogens with one attached hydrogen (secondary N) is 2. The van der Waals surface area contributed by atoms with E-state index in [2.05, 4.69) is 10.4 Å². The van der Waals surface area contributed by atoms with Crippen molar-refractivity contribution in [2.24, 2.45) is 23.7 Å². The second-order valence-electron chi connectivity index (χ2n) is 9.99. The van der Waals surface area contributed by atoms with Gasteiger partial charge in [0, 0.05) is 18.3 Å². The molecule has 0 aliphatic heterocycles. The smallest absolute Gasteiger partial charge is 0.268 e. The first kappa shape index (κ1) is 30.7. The van der Waals surface area contributed by atoms with Crippen molar-refractivity contribution in [3.63, 3.8) is 0 Å². The van der Waals surface area contributed by atoms with Gasteiger partial charge in [-0.15, -0.1) is 0 Å². The Morgan fingerprint density at radius 2 is 1.71 bits per heavy atom. The topological polar surface area (TPSA) is 134 Å². The van der Waals surface area contributed by atoms with Gasteiger partial charge in [-0.1, -0.05) is 58.0 Å². The highest BCUT2D eigenvalue weighted by molar-refractivity contribution is 5.99. The lowest BCUT2D eigenvalue weighted by molar-refractivity contribution is -0.158. The first-order chi connectivity index (χ1) is 18.2. The number of hydroxylamine groups is 1. The zero-order valence-corrected chi connectivity index (χ0v) is 22.8. The molecule has 0 saturated heterocycles. The Labute approximate surface area is 224 Å². The Kier molecular flexibility index (Phi) is 12.6. The summed E-state index contributed by atoms with van der Waals surface area (Å²) in [6, 6.07) is 9.79. The van der Waals surface area contributed by atoms with Crippen LogP contribution in [0.3, 0.4) is 0 Å². The number of carbonyl (C=O) groups excluding carboxylic acids is 4. The van der Waals surface area contributed by atoms with Gasteiger partial charge in [0.15, 0.2) is 0 Å². The molecule has 4 amide bonds. The number of carbonyl (C=O) groups is 4. The van der Waals surface area contributed by atoms with Crippen molar-refractivity contribution in [2.45, 2.75) is 72.8 Å². The molecule has 10 nitrogen and oxygen atoms in total. The Balaban J connectivity index is 2.29. The highest BCUT2D eigenvalue weighted by atomic mass is 16.5. The van der Waals surface area contributed by atoms with Crippen molar-refractivity contribution < 1.29 is 24.4 Å². The van der Waals surface area contributed by atoms with Gasteiger partial charge >= 0.3 is 0 Å². The summed E-state index contributed by atoms with van der Waals surface area (Å²) in [7, 11) is 0. The maximum atomic E-state index is 13.7. The zero-order valence-electron chi connectivity index (χ0n) is 22.8. The highest BCUT2D eigenvalue weighted by Crippen LogP contribution is 2.27. The number of hydrogen-bond donors (Lipinski definition) is 3. The molecule has 1 aromatic heterocycles. The molecule has 208 valence electrons. The van der Waals surface area contributed by atoms with Crippen LogP contribution in [0, 0.1) is 23.7 Å². The van der Waals surface area contributed by atoms with Crippen molar-refractivity contribution in [2.75, 3.05) is 0 Å². The molecule has 2 rings (SSSR count). The third-order valence-corrected chi connectivity index (χ3v) is 6.72. The molecule has 0 radical (unpaired) electrons. The molecule has 1 heterocycles. The second-order valence-corrected chi connectivity index (χ2v) is 9.99. The van der Waals surface area contributed by atoms with E-state index in [-0.39, 0.29) is 12.5 Å². The van der Waals surface area contributed by atoms with E-state index in [9.17, 15) is 24.4 Å². The molecule has 0 fully saturated rings. The number of benzene rings is 1. The Hall–Kier alpha value is -3.53. The molecule has 0 unspecified atom stereocenters. The van der Waals surface area contributed by atoms with Gasteiger partial charge < -0.3 is 4.57 Å². The number of amides is 4. The lowest BCUT2D eigenvalue weighted by Crippen LogP contribution is -2.55. The van der Waals surface area contributed by atoms with Gasteiger partial charge in [0.2, 0.25) is 11.8 Å². The van der Waals surface area contributed by atoms with E-state index >= 15 is 0 Å². The normalized spacial score (nSPS) is 12.7. The lowest BCUT2D eigenvalue weighted by atomic mass is 9.81. The molecule has 0 saturated carbocycles. The molecule has 0 aliphatic carbocycles. The molecule has 10 heteroatoms. The van der Waals surface area contributed by atoms with Crippen LogP contribution in [0.15, 0.2) is 49.1 Å². The summed E-state index contributed by atoms with van der Waals surface area (Å²) in [6.45, 7) is 7.37. The number of nitrogens with zero attached hydrogens (tertiary/aromatic N) is 3. The summed E-state index contributed by atoms with van der Waals surface area (Å²) in [5, 5.41) is 10.3. The van der Waals surface area contributed by atoms with Crippen LogP contribution in [0.5, 0.6) is 0 Å². The van der Waals surface area contributed by atoms with E-state index in [1.54, 1.807) is 11.7 Å². The Morgan fingerprint density at radius 1 is 1.03 bits per heavy atom. The molecular formula is C28H41N5O5. The third kappa shape index (κ3) is 9.09. The number of hydrogen-bond acceptors (Lipinski definition) is 6. The van der Waals surface area contributed by atoms with Crippen LogP contribution in [0.1, 0.15) is 65.4 Å². The van der Waals surface area contributed by atoms with Crippen molar-refractivity contribution in [3.8, 4) is 0 Å². The van der Waals surface area contributed by atoms with Crippen LogP contribution in [0.4, 0.5) is 0 Å². The van der Waals surface area contributed by atoms with Crippen LogP contribution in [0.25, 0.3) is 0 Å². The van der Waals surface area contributed by atoms with Gasteiger partial charge in [0.25, 0.3) is 11.8 Å². The first-order valence-corrected chi connectivity index (χ1v) is 13.3. The molecule has 2 atom stereocenters. The monoisotopic (exact) mass is 527 g/mol. The SMILES string of the molecule is CCC(CC)C(=O)N(NC(=O)[C@H](CC(C)C)[C@H](CCCc1ccccc1)C(=O)NO)C(=O)Cn1ccnc1. The van der Waals surface area contributed by atoms with Crippen LogP contribution in [-0.2, 0) is 32.1 Å². The molecule has 2 aromatic rings. The van der Waals surface area contributed by atoms with Gasteiger partial charge in [-0.3, -0.25) is 29.8 Å². The molecule has 0 aliphatic rings. The van der Waals surface area contributed by atoms with Gasteiger partial charge in [-0.2, -0.15) is 5.01 Å². The van der Waals surface area contributed by atoms with E-state index in [0.717, 1.165) is 10.6 Å². The van der Waals surface area contributed by atoms with E-state index in [4.69, 9.17) is 0 Å². The standard InChI is InChI=1S/C28H41N5O5/c1-5-22(6-2)28(37)33(25(34)18-32-16-15-29-19-32)30-26(35)24(17-20(3)4)23(27(36)31-38)14-10-13-21-11-8-7-9-12-21/h7-9,11-12,15-16,19-20,22-24,38H,5-6,10,13-14,17-18H2,1-4H3,(H,30,35)(H,31,36)/t23-,24+/m0/s1. The largest absolute Gasteiger partial charge is 0.328 e. The number of aromatic nitrogens is 2. The Bertz CT molecular complexity index is 1020. The fraction of sp³-hybridized carbons (Fsp3) is 0.536. The van der Waals surface area contributed by atoms with Crippen LogP contribution < -0.4 is 10.9 Å². The molecule has 1 aromatic carbocycles. The van der Waals surface area contributed by atoms with E-state index < -0.39 is 41.4 Å². The average molecular weight is 528 g/mol. The summed E-state index contributed by atoms with van der Waals surface area (Å²) < 4.78 is 1.51. The first-order valence-electron chi connectivity index (χ1n) is 13.3. The second kappa shape index (κ2) is 15.7. The summed E-state index contributed by atoms with van der Waals surface area (Å²) in [5.74, 6) is -4.50. The van der Waals surface area contributed by atoms with Gasteiger partial charge in [-0.05, 0) is 50.0 Å². The van der Waals surface area contributed by atoms with Crippen molar-refractivity contribution in [3.05, 3.63) is 54.6 Å². The lowest BCUT2D eigenvalue weighted by Gasteiger charge is -2.30. The highest BCUT2D eigenvalue weighted by Gasteiger charge is 2.37. The minimum absolute atomic E-state index is 0.0405. The predicted octanol–water partition coefficient (Wildman–Crippen LogP) is 3.51. The third-order valence-electron chi connectivity index (χ3n) is 6.72. The fourth-order valence-corrected chi connectivity index (χ4v) is 4.59. The van der Waals surface area contributed by atoms with E-state index in [1.807, 2.05) is 58.0 Å². The summed E-state index contributed by atoms with van der Waals surface area (Å²) >= 11 is 0. The van der Waals surface area contributed by atoms with E-state index in [1.165, 1.54) is 17.1 Å². The van der Waals surface area contributed by atoms with Crippen molar-refractivity contribution >= 4 is 23.6 Å². The summed E-state index contributed by atoms with van der Waals surface area (Å²) in [6.07, 6.45) is 7.56. The van der Waals surface area contributed by atoms with E-state index in [0.29, 0.717) is 38.5 Å². The summed E-state index contributed by atoms with van der Waals surface area (Å²) in [4.78, 5) is 56.8. The minimum Gasteiger partial charge on any atom is -0.328 e. The number of imidazole rings is 1. The predicted molar refractivity (Wildman–Crippen MR) is 142 cm³/mol. The molecule has 0 spiro atoms. The fourth-order valence-electron chi connectivity index (χ4n) is 4.59. The maximum absolute atomic E-state index is 13.7. The van der Waals surface area contributed by atoms with Crippen molar-refractivity contribution in [1.82, 2.24) is 25.5 Å². The van der Waals surface area contributed by atoms with Gasteiger partial charge in [0.05, 0.1) is 18.2 Å². The van der Waals surface area contributed by atoms with Crippen LogP contribution in [-0.4, -0.2) is 43.4 Å². The Morgan fingerprint density at radius 3 is 2.26 bits per heavy atom. The van der Waals surface area contributed by atoms with Crippen LogP contribution >= 0.6 is 0 Å². The number of imide groups is 1. The average Bonchev–Trinajstić information content (AvgIpc) is 3.42. The zero-order chi connectivity index (χ0) is 28.1. The summed E-state index contributed by atoms with van der Waals surface area (Å²) in [5.41, 5.74) is 5.37. The van der Waals surface area contributed by atoms with Gasteiger partial charge in [0.1, 0.15) is 6.54 Å². The number of hydrazine groups is 1. The minimum atomic E-state index is -0.865. The number of aryl methyl sites for hydroxylation is 1. The maximum Gasteiger partial charge on any atom is 0.268 e.